The molecule has 1 aromatic carbocycles. The summed E-state index contributed by atoms with van der Waals surface area (Å²) in [5, 5.41) is 8.65. The Bertz CT molecular complexity index is 573. The second kappa shape index (κ2) is 9.34. The van der Waals surface area contributed by atoms with Crippen LogP contribution in [0.15, 0.2) is 72.9 Å². The van der Waals surface area contributed by atoms with E-state index >= 15 is 0 Å². The van der Waals surface area contributed by atoms with Gasteiger partial charge in [0.15, 0.2) is 0 Å². The van der Waals surface area contributed by atoms with Crippen molar-refractivity contribution in [1.82, 2.24) is 0 Å². The summed E-state index contributed by atoms with van der Waals surface area (Å²) in [5.41, 5.74) is 1.86. The fourth-order valence-electron chi connectivity index (χ4n) is 1.50. The maximum atomic E-state index is 10.5. The maximum absolute atomic E-state index is 10.5. The van der Waals surface area contributed by atoms with Gasteiger partial charge in [0.05, 0.1) is 0 Å². The van der Waals surface area contributed by atoms with E-state index in [1.54, 1.807) is 6.08 Å². The summed E-state index contributed by atoms with van der Waals surface area (Å²) < 4.78 is 0. The molecule has 0 fully saturated rings. The van der Waals surface area contributed by atoms with Crippen molar-refractivity contribution < 1.29 is 9.90 Å². The Labute approximate surface area is 119 Å². The normalized spacial score (nSPS) is 12.7. The Balaban J connectivity index is 2.74. The molecule has 0 bridgehead atoms. The molecule has 102 valence electrons. The highest BCUT2D eigenvalue weighted by Crippen LogP contribution is 2.12. The van der Waals surface area contributed by atoms with E-state index in [-0.39, 0.29) is 0 Å². The van der Waals surface area contributed by atoms with E-state index in [0.717, 1.165) is 17.2 Å². The maximum Gasteiger partial charge on any atom is 0.328 e. The minimum absolute atomic E-state index is 0.879. The molecule has 20 heavy (non-hydrogen) atoms. The van der Waals surface area contributed by atoms with Crippen LogP contribution in [-0.4, -0.2) is 11.1 Å². The van der Waals surface area contributed by atoms with Crippen LogP contribution in [0.3, 0.4) is 0 Å². The summed E-state index contributed by atoms with van der Waals surface area (Å²) in [6.45, 7) is 1.97. The molecule has 0 amide bonds. The largest absolute Gasteiger partial charge is 0.478 e. The number of allylic oxidation sites excluding steroid dienone is 7. The molecular formula is C18H18O2. The zero-order chi connectivity index (χ0) is 14.6. The van der Waals surface area contributed by atoms with Gasteiger partial charge in [-0.15, -0.1) is 0 Å². The van der Waals surface area contributed by atoms with E-state index in [9.17, 15) is 4.79 Å². The third kappa shape index (κ3) is 6.36. The number of carboxylic acids is 1. The van der Waals surface area contributed by atoms with Crippen molar-refractivity contribution in [2.75, 3.05) is 0 Å². The second-order valence-corrected chi connectivity index (χ2v) is 3.96. The van der Waals surface area contributed by atoms with Crippen LogP contribution in [0.5, 0.6) is 0 Å². The number of hydrogen-bond acceptors (Lipinski definition) is 1. The van der Waals surface area contributed by atoms with Crippen molar-refractivity contribution >= 4 is 18.1 Å². The van der Waals surface area contributed by atoms with Crippen molar-refractivity contribution in [1.29, 1.82) is 0 Å². The Morgan fingerprint density at radius 2 is 1.45 bits per heavy atom. The summed E-state index contributed by atoms with van der Waals surface area (Å²) >= 11 is 0. The average molecular weight is 266 g/mol. The molecule has 0 aliphatic heterocycles. The Morgan fingerprint density at radius 1 is 0.900 bits per heavy atom. The summed E-state index contributed by atoms with van der Waals surface area (Å²) in [5.74, 6) is -0.946. The molecule has 0 atom stereocenters. The SMILES string of the molecule is CC=CC=CC=CC=Cc1ccccc1C=CC(=O)O. The van der Waals surface area contributed by atoms with Crippen molar-refractivity contribution in [2.45, 2.75) is 6.92 Å². The molecule has 1 N–H and O–H groups in total. The second-order valence-electron chi connectivity index (χ2n) is 3.96. The molecule has 0 aliphatic carbocycles. The van der Waals surface area contributed by atoms with E-state index in [2.05, 4.69) is 0 Å². The van der Waals surface area contributed by atoms with E-state index in [1.807, 2.05) is 79.8 Å². The number of aliphatic carboxylic acids is 1. The van der Waals surface area contributed by atoms with Gasteiger partial charge < -0.3 is 5.11 Å². The van der Waals surface area contributed by atoms with Crippen LogP contribution in [-0.2, 0) is 4.79 Å². The van der Waals surface area contributed by atoms with Crippen molar-refractivity contribution in [3.8, 4) is 0 Å². The van der Waals surface area contributed by atoms with Gasteiger partial charge in [0.1, 0.15) is 0 Å². The minimum atomic E-state index is -0.946. The fraction of sp³-hybridized carbons (Fsp3) is 0.0556. The predicted octanol–water partition coefficient (Wildman–Crippen LogP) is 4.49. The smallest absolute Gasteiger partial charge is 0.328 e. The molecule has 1 aromatic rings. The van der Waals surface area contributed by atoms with Crippen LogP contribution in [0.25, 0.3) is 12.2 Å². The zero-order valence-corrected chi connectivity index (χ0v) is 11.4. The summed E-state index contributed by atoms with van der Waals surface area (Å²) in [6.07, 6.45) is 18.3. The molecule has 0 heterocycles. The summed E-state index contributed by atoms with van der Waals surface area (Å²) in [6, 6.07) is 7.64. The lowest BCUT2D eigenvalue weighted by Crippen LogP contribution is -1.86. The highest BCUT2D eigenvalue weighted by Gasteiger charge is 1.94. The molecule has 0 saturated carbocycles. The molecule has 2 nitrogen and oxygen atoms in total. The van der Waals surface area contributed by atoms with Crippen LogP contribution in [0.1, 0.15) is 18.1 Å². The number of hydrogen-bond donors (Lipinski definition) is 1. The lowest BCUT2D eigenvalue weighted by atomic mass is 10.1. The molecule has 0 unspecified atom stereocenters. The number of rotatable bonds is 6. The lowest BCUT2D eigenvalue weighted by Gasteiger charge is -1.98. The summed E-state index contributed by atoms with van der Waals surface area (Å²) in [7, 11) is 0. The Kier molecular flexibility index (Phi) is 7.21. The van der Waals surface area contributed by atoms with Gasteiger partial charge in [-0.05, 0) is 24.1 Å². The van der Waals surface area contributed by atoms with Gasteiger partial charge in [-0.25, -0.2) is 4.79 Å². The van der Waals surface area contributed by atoms with Crippen LogP contribution in [0, 0.1) is 0 Å². The van der Waals surface area contributed by atoms with Gasteiger partial charge in [0.25, 0.3) is 0 Å². The van der Waals surface area contributed by atoms with E-state index in [1.165, 1.54) is 0 Å². The Morgan fingerprint density at radius 3 is 2.05 bits per heavy atom. The molecule has 0 saturated heterocycles. The van der Waals surface area contributed by atoms with Gasteiger partial charge in [0.2, 0.25) is 0 Å². The third-order valence-electron chi connectivity index (χ3n) is 2.43. The highest BCUT2D eigenvalue weighted by molar-refractivity contribution is 5.86. The highest BCUT2D eigenvalue weighted by atomic mass is 16.4. The van der Waals surface area contributed by atoms with Gasteiger partial charge in [-0.3, -0.25) is 0 Å². The van der Waals surface area contributed by atoms with Crippen molar-refractivity contribution in [3.05, 3.63) is 84.0 Å². The first kappa shape index (κ1) is 15.4. The summed E-state index contributed by atoms with van der Waals surface area (Å²) in [4.78, 5) is 10.5. The average Bonchev–Trinajstić information content (AvgIpc) is 2.45. The number of carbonyl (C=O) groups is 1. The fourth-order valence-corrected chi connectivity index (χ4v) is 1.50. The third-order valence-corrected chi connectivity index (χ3v) is 2.43. The topological polar surface area (TPSA) is 37.3 Å². The van der Waals surface area contributed by atoms with E-state index in [0.29, 0.717) is 0 Å². The van der Waals surface area contributed by atoms with Gasteiger partial charge in [-0.2, -0.15) is 0 Å². The van der Waals surface area contributed by atoms with Crippen LogP contribution in [0.4, 0.5) is 0 Å². The monoisotopic (exact) mass is 266 g/mol. The molecule has 0 radical (unpaired) electrons. The first-order chi connectivity index (χ1) is 9.74. The van der Waals surface area contributed by atoms with Gasteiger partial charge in [-0.1, -0.05) is 72.9 Å². The number of benzene rings is 1. The lowest BCUT2D eigenvalue weighted by molar-refractivity contribution is -0.131. The molecule has 0 aliphatic rings. The molecule has 0 spiro atoms. The van der Waals surface area contributed by atoms with Crippen molar-refractivity contribution in [3.63, 3.8) is 0 Å². The van der Waals surface area contributed by atoms with E-state index in [4.69, 9.17) is 5.11 Å². The Hall–Kier alpha value is -2.61. The molecular weight excluding hydrogens is 248 g/mol. The minimum Gasteiger partial charge on any atom is -0.478 e. The van der Waals surface area contributed by atoms with Crippen molar-refractivity contribution in [2.24, 2.45) is 0 Å². The predicted molar refractivity (Wildman–Crippen MR) is 85.2 cm³/mol. The first-order valence-electron chi connectivity index (χ1n) is 6.37. The quantitative estimate of drug-likeness (QED) is 0.608. The molecule has 2 heteroatoms. The molecule has 0 aromatic heterocycles. The van der Waals surface area contributed by atoms with Crippen LogP contribution >= 0.6 is 0 Å². The standard InChI is InChI=1S/C18H18O2/c1-2-3-4-5-6-7-8-11-16-12-9-10-13-17(16)14-15-18(19)20/h2-15H,1H3,(H,19,20). The zero-order valence-electron chi connectivity index (χ0n) is 11.4. The van der Waals surface area contributed by atoms with Gasteiger partial charge in [0, 0.05) is 6.08 Å². The van der Waals surface area contributed by atoms with Crippen LogP contribution < -0.4 is 0 Å². The van der Waals surface area contributed by atoms with Crippen LogP contribution in [0.2, 0.25) is 0 Å². The van der Waals surface area contributed by atoms with Gasteiger partial charge >= 0.3 is 5.97 Å². The molecule has 1 rings (SSSR count). The van der Waals surface area contributed by atoms with E-state index < -0.39 is 5.97 Å². The number of carboxylic acid groups (broad SMARTS) is 1. The first-order valence-corrected chi connectivity index (χ1v) is 6.37.